The Morgan fingerprint density at radius 1 is 1.15 bits per heavy atom. The number of rotatable bonds is 7. The van der Waals surface area contributed by atoms with Gasteiger partial charge in [-0.25, -0.2) is 4.98 Å². The molecule has 3 aromatic rings. The Morgan fingerprint density at radius 2 is 1.85 bits per heavy atom. The number of aromatic nitrogens is 2. The molecule has 8 heteroatoms. The summed E-state index contributed by atoms with van der Waals surface area (Å²) in [4.78, 5) is 34.6. The number of benzene rings is 1. The molecule has 178 valence electrons. The quantitative estimate of drug-likeness (QED) is 0.329. The van der Waals surface area contributed by atoms with Gasteiger partial charge in [-0.05, 0) is 70.2 Å². The number of hydrogen-bond acceptors (Lipinski definition) is 6. The number of carbonyl (C=O) groups excluding carboxylic acids is 2. The largest absolute Gasteiger partial charge is 0.505 e. The number of pyridine rings is 1. The second-order valence-corrected chi connectivity index (χ2v) is 8.85. The Bertz CT molecular complexity index is 1270. The average molecular weight is 463 g/mol. The number of Topliss-reactive ketones (excluding diaryl/α,β-unsaturated/α-hetero) is 1. The van der Waals surface area contributed by atoms with E-state index >= 15 is 0 Å². The first-order valence-corrected chi connectivity index (χ1v) is 11.3. The lowest BCUT2D eigenvalue weighted by Crippen LogP contribution is -2.32. The summed E-state index contributed by atoms with van der Waals surface area (Å²) in [6.07, 6.45) is 2.49. The molecule has 1 aromatic carbocycles. The first-order valence-electron chi connectivity index (χ1n) is 11.3. The molecule has 0 saturated carbocycles. The molecule has 8 nitrogen and oxygen atoms in total. The van der Waals surface area contributed by atoms with Gasteiger partial charge in [0.15, 0.2) is 5.76 Å². The van der Waals surface area contributed by atoms with Crippen LogP contribution < -0.4 is 4.74 Å². The summed E-state index contributed by atoms with van der Waals surface area (Å²) in [6, 6.07) is 10.3. The lowest BCUT2D eigenvalue weighted by Gasteiger charge is -2.26. The number of aliphatic hydroxyl groups excluding tert-OH is 1. The maximum absolute atomic E-state index is 13.3. The third-order valence-electron chi connectivity index (χ3n) is 6.22. The van der Waals surface area contributed by atoms with Gasteiger partial charge in [0.1, 0.15) is 17.1 Å². The van der Waals surface area contributed by atoms with Gasteiger partial charge in [0.2, 0.25) is 0 Å². The van der Waals surface area contributed by atoms with Crippen LogP contribution in [0.1, 0.15) is 35.0 Å². The fourth-order valence-corrected chi connectivity index (χ4v) is 4.53. The molecule has 34 heavy (non-hydrogen) atoms. The summed E-state index contributed by atoms with van der Waals surface area (Å²) in [6.45, 7) is 4.88. The summed E-state index contributed by atoms with van der Waals surface area (Å²) in [5.74, 6) is -0.847. The maximum Gasteiger partial charge on any atom is 0.295 e. The van der Waals surface area contributed by atoms with Crippen LogP contribution in [0.3, 0.4) is 0 Å². The number of ether oxygens (including phenoxy) is 1. The van der Waals surface area contributed by atoms with Crippen molar-refractivity contribution in [1.29, 1.82) is 0 Å². The van der Waals surface area contributed by atoms with Crippen LogP contribution >= 0.6 is 0 Å². The Kier molecular flexibility index (Phi) is 6.43. The second-order valence-electron chi connectivity index (χ2n) is 8.85. The zero-order chi connectivity index (χ0) is 24.6. The van der Waals surface area contributed by atoms with E-state index in [2.05, 4.69) is 4.98 Å². The first-order chi connectivity index (χ1) is 16.2. The highest BCUT2D eigenvalue weighted by Gasteiger charge is 2.46. The number of nitrogens with zero attached hydrogens (tertiary/aromatic N) is 4. The molecule has 2 aromatic heterocycles. The van der Waals surface area contributed by atoms with Gasteiger partial charge in [-0.15, -0.1) is 0 Å². The van der Waals surface area contributed by atoms with Crippen molar-refractivity contribution in [3.05, 3.63) is 70.7 Å². The summed E-state index contributed by atoms with van der Waals surface area (Å²) in [5, 5.41) is 11.5. The number of likely N-dealkylation sites (tertiary alicyclic amines) is 1. The van der Waals surface area contributed by atoms with E-state index < -0.39 is 17.7 Å². The number of hydrogen-bond donors (Lipinski definition) is 1. The molecular weight excluding hydrogens is 432 g/mol. The van der Waals surface area contributed by atoms with Crippen LogP contribution in [0, 0.1) is 13.8 Å². The van der Waals surface area contributed by atoms with Crippen LogP contribution in [0.5, 0.6) is 5.75 Å². The molecule has 0 radical (unpaired) electrons. The monoisotopic (exact) mass is 462 g/mol. The molecule has 1 amide bonds. The Hall–Kier alpha value is -3.65. The van der Waals surface area contributed by atoms with E-state index in [9.17, 15) is 14.7 Å². The number of methoxy groups -OCH3 is 1. The van der Waals surface area contributed by atoms with Gasteiger partial charge < -0.3 is 19.6 Å². The summed E-state index contributed by atoms with van der Waals surface area (Å²) < 4.78 is 7.04. The predicted octanol–water partition coefficient (Wildman–Crippen LogP) is 3.33. The molecule has 0 bridgehead atoms. The van der Waals surface area contributed by atoms with E-state index in [1.54, 1.807) is 41.7 Å². The zero-order valence-corrected chi connectivity index (χ0v) is 20.2. The highest BCUT2D eigenvalue weighted by Crippen LogP contribution is 2.40. The number of ketones is 1. The third kappa shape index (κ3) is 4.05. The second kappa shape index (κ2) is 9.30. The highest BCUT2D eigenvalue weighted by atomic mass is 16.5. The maximum atomic E-state index is 13.3. The van der Waals surface area contributed by atoms with E-state index in [-0.39, 0.29) is 11.3 Å². The predicted molar refractivity (Wildman–Crippen MR) is 130 cm³/mol. The van der Waals surface area contributed by atoms with Gasteiger partial charge in [0.25, 0.3) is 11.7 Å². The summed E-state index contributed by atoms with van der Waals surface area (Å²) in [5.41, 5.74) is 3.45. The fourth-order valence-electron chi connectivity index (χ4n) is 4.53. The number of carbonyl (C=O) groups is 2. The van der Waals surface area contributed by atoms with E-state index in [0.29, 0.717) is 35.8 Å². The van der Waals surface area contributed by atoms with E-state index in [1.165, 1.54) is 0 Å². The molecule has 1 fully saturated rings. The third-order valence-corrected chi connectivity index (χ3v) is 6.22. The minimum Gasteiger partial charge on any atom is -0.505 e. The molecular formula is C26H30N4O4. The topological polar surface area (TPSA) is 87.4 Å². The molecule has 3 heterocycles. The molecule has 1 atom stereocenters. The minimum absolute atomic E-state index is 0.0754. The lowest BCUT2D eigenvalue weighted by molar-refractivity contribution is -0.139. The molecule has 0 aliphatic carbocycles. The number of amides is 1. The molecule has 1 aliphatic heterocycles. The first kappa shape index (κ1) is 23.5. The van der Waals surface area contributed by atoms with Crippen LogP contribution in [0.4, 0.5) is 0 Å². The van der Waals surface area contributed by atoms with Crippen LogP contribution in [-0.4, -0.2) is 70.3 Å². The minimum atomic E-state index is -0.706. The van der Waals surface area contributed by atoms with Crippen LogP contribution in [0.2, 0.25) is 0 Å². The summed E-state index contributed by atoms with van der Waals surface area (Å²) in [7, 11) is 5.51. The molecule has 1 aliphatic rings. The van der Waals surface area contributed by atoms with Crippen molar-refractivity contribution in [2.75, 3.05) is 34.3 Å². The lowest BCUT2D eigenvalue weighted by atomic mass is 9.96. The SMILES string of the molecule is COc1ccc([C@@H]2/C(=C(\O)c3c(C)nc4c(C)cccn34)C(=O)C(=O)N2CCCN(C)C)cc1. The summed E-state index contributed by atoms with van der Waals surface area (Å²) >= 11 is 0. The Balaban J connectivity index is 1.88. The van der Waals surface area contributed by atoms with E-state index in [1.807, 2.05) is 50.2 Å². The number of fused-ring (bicyclic) bond motifs is 1. The number of aliphatic hydroxyl groups is 1. The number of aryl methyl sites for hydroxylation is 2. The van der Waals surface area contributed by atoms with Crippen molar-refractivity contribution >= 4 is 23.1 Å². The van der Waals surface area contributed by atoms with Crippen molar-refractivity contribution in [2.24, 2.45) is 0 Å². The van der Waals surface area contributed by atoms with Gasteiger partial charge in [-0.3, -0.25) is 14.0 Å². The smallest absolute Gasteiger partial charge is 0.295 e. The van der Waals surface area contributed by atoms with Crippen molar-refractivity contribution in [3.63, 3.8) is 0 Å². The van der Waals surface area contributed by atoms with Crippen LogP contribution in [0.25, 0.3) is 11.4 Å². The van der Waals surface area contributed by atoms with Gasteiger partial charge >= 0.3 is 0 Å². The average Bonchev–Trinajstić information content (AvgIpc) is 3.28. The molecule has 1 N–H and O–H groups in total. The zero-order valence-electron chi connectivity index (χ0n) is 20.2. The number of imidazole rings is 1. The molecule has 0 unspecified atom stereocenters. The highest BCUT2D eigenvalue weighted by molar-refractivity contribution is 6.46. The van der Waals surface area contributed by atoms with Gasteiger partial charge in [-0.2, -0.15) is 0 Å². The van der Waals surface area contributed by atoms with Crippen molar-refractivity contribution in [1.82, 2.24) is 19.2 Å². The molecule has 1 saturated heterocycles. The molecule has 0 spiro atoms. The van der Waals surface area contributed by atoms with E-state index in [4.69, 9.17) is 4.74 Å². The normalized spacial score (nSPS) is 17.8. The van der Waals surface area contributed by atoms with Gasteiger partial charge in [-0.1, -0.05) is 18.2 Å². The van der Waals surface area contributed by atoms with Gasteiger partial charge in [0, 0.05) is 12.7 Å². The van der Waals surface area contributed by atoms with Gasteiger partial charge in [0.05, 0.1) is 24.4 Å². The molecule has 4 rings (SSSR count). The fraction of sp³-hybridized carbons (Fsp3) is 0.346. The van der Waals surface area contributed by atoms with Crippen molar-refractivity contribution in [3.8, 4) is 5.75 Å². The van der Waals surface area contributed by atoms with Crippen molar-refractivity contribution < 1.29 is 19.4 Å². The van der Waals surface area contributed by atoms with Crippen molar-refractivity contribution in [2.45, 2.75) is 26.3 Å². The Morgan fingerprint density at radius 3 is 2.50 bits per heavy atom. The van der Waals surface area contributed by atoms with E-state index in [0.717, 1.165) is 17.7 Å². The van der Waals surface area contributed by atoms with Crippen LogP contribution in [0.15, 0.2) is 48.2 Å². The Labute approximate surface area is 199 Å². The standard InChI is InChI=1S/C26H30N4O4/c1-16-8-6-14-29-21(17(2)27-25(16)29)23(31)20-22(18-9-11-19(34-5)12-10-18)30(26(33)24(20)32)15-7-13-28(3)4/h6,8-12,14,22,31H,7,13,15H2,1-5H3/b23-20+/t22-/m1/s1. The van der Waals surface area contributed by atoms with Crippen LogP contribution in [-0.2, 0) is 9.59 Å².